The van der Waals surface area contributed by atoms with Crippen LogP contribution in [0, 0.1) is 5.92 Å². The van der Waals surface area contributed by atoms with Gasteiger partial charge in [-0.15, -0.1) is 0 Å². The number of nitrogens with zero attached hydrogens (tertiary/aromatic N) is 3. The molecule has 0 unspecified atom stereocenters. The smallest absolute Gasteiger partial charge is 0.326 e. The molecule has 7 heteroatoms. The van der Waals surface area contributed by atoms with Crippen molar-refractivity contribution in [2.45, 2.75) is 38.1 Å². The maximum Gasteiger partial charge on any atom is 0.326 e. The van der Waals surface area contributed by atoms with Gasteiger partial charge in [0.1, 0.15) is 6.04 Å². The second-order valence-corrected chi connectivity index (χ2v) is 8.12. The number of carboxylic acids is 1. The summed E-state index contributed by atoms with van der Waals surface area (Å²) in [7, 11) is 0. The minimum Gasteiger partial charge on any atom is -0.480 e. The summed E-state index contributed by atoms with van der Waals surface area (Å²) >= 11 is 1.69. The molecular weight excluding hydrogens is 350 g/mol. The average molecular weight is 373 g/mol. The van der Waals surface area contributed by atoms with Crippen LogP contribution in [0.4, 0.5) is 5.13 Å². The van der Waals surface area contributed by atoms with Crippen LogP contribution >= 0.6 is 11.3 Å². The van der Waals surface area contributed by atoms with Crippen LogP contribution in [0.2, 0.25) is 0 Å². The van der Waals surface area contributed by atoms with Gasteiger partial charge in [0, 0.05) is 25.6 Å². The molecule has 1 aromatic carbocycles. The Morgan fingerprint density at radius 3 is 2.58 bits per heavy atom. The van der Waals surface area contributed by atoms with Crippen molar-refractivity contribution in [3.05, 3.63) is 24.3 Å². The van der Waals surface area contributed by atoms with E-state index in [2.05, 4.69) is 11.0 Å². The molecule has 1 aromatic heterocycles. The molecule has 1 N–H and O–H groups in total. The topological polar surface area (TPSA) is 73.7 Å². The first-order valence-corrected chi connectivity index (χ1v) is 10.1. The van der Waals surface area contributed by atoms with Gasteiger partial charge in [-0.2, -0.15) is 0 Å². The molecular formula is C19H23N3O3S. The third-order valence-corrected chi connectivity index (χ3v) is 6.57. The molecule has 1 amide bonds. The first-order valence-electron chi connectivity index (χ1n) is 9.27. The highest BCUT2D eigenvalue weighted by Crippen LogP contribution is 2.32. The van der Waals surface area contributed by atoms with E-state index in [1.807, 2.05) is 18.2 Å². The lowest BCUT2D eigenvalue weighted by atomic mass is 9.92. The molecule has 26 heavy (non-hydrogen) atoms. The molecule has 0 bridgehead atoms. The van der Waals surface area contributed by atoms with Crippen LogP contribution in [-0.2, 0) is 9.59 Å². The number of aliphatic carboxylic acids is 1. The molecule has 138 valence electrons. The summed E-state index contributed by atoms with van der Waals surface area (Å²) in [5, 5.41) is 10.4. The number of benzene rings is 1. The first kappa shape index (κ1) is 17.3. The lowest BCUT2D eigenvalue weighted by Crippen LogP contribution is -2.51. The third kappa shape index (κ3) is 3.28. The maximum atomic E-state index is 12.9. The molecule has 0 aliphatic carbocycles. The van der Waals surface area contributed by atoms with Gasteiger partial charge in [0.2, 0.25) is 5.91 Å². The number of carboxylic acid groups (broad SMARTS) is 1. The second kappa shape index (κ2) is 7.23. The molecule has 2 fully saturated rings. The molecule has 3 heterocycles. The van der Waals surface area contributed by atoms with Crippen LogP contribution in [0.15, 0.2) is 24.3 Å². The molecule has 2 aliphatic heterocycles. The van der Waals surface area contributed by atoms with E-state index in [9.17, 15) is 14.7 Å². The Bertz CT molecular complexity index is 780. The number of rotatable bonds is 3. The zero-order chi connectivity index (χ0) is 18.1. The van der Waals surface area contributed by atoms with Crippen LogP contribution in [0.25, 0.3) is 10.2 Å². The number of carbonyl (C=O) groups is 2. The van der Waals surface area contributed by atoms with Crippen molar-refractivity contribution in [1.29, 1.82) is 0 Å². The maximum absolute atomic E-state index is 12.9. The summed E-state index contributed by atoms with van der Waals surface area (Å²) in [5.74, 6) is -0.911. The molecule has 4 rings (SSSR count). The van der Waals surface area contributed by atoms with E-state index in [0.29, 0.717) is 13.0 Å². The van der Waals surface area contributed by atoms with Gasteiger partial charge in [0.15, 0.2) is 5.13 Å². The van der Waals surface area contributed by atoms with Crippen LogP contribution in [0.5, 0.6) is 0 Å². The van der Waals surface area contributed by atoms with Crippen molar-refractivity contribution in [2.24, 2.45) is 5.92 Å². The number of anilines is 1. The van der Waals surface area contributed by atoms with Gasteiger partial charge in [0.25, 0.3) is 0 Å². The van der Waals surface area contributed by atoms with Gasteiger partial charge in [-0.3, -0.25) is 4.79 Å². The van der Waals surface area contributed by atoms with Gasteiger partial charge >= 0.3 is 5.97 Å². The number of hydrogen-bond donors (Lipinski definition) is 1. The Morgan fingerprint density at radius 1 is 1.08 bits per heavy atom. The highest BCUT2D eigenvalue weighted by Gasteiger charge is 2.36. The molecule has 2 saturated heterocycles. The quantitative estimate of drug-likeness (QED) is 0.895. The summed E-state index contributed by atoms with van der Waals surface area (Å²) in [6.07, 6.45) is 3.89. The Kier molecular flexibility index (Phi) is 4.80. The summed E-state index contributed by atoms with van der Waals surface area (Å²) in [6, 6.07) is 7.47. The number of hydrogen-bond acceptors (Lipinski definition) is 5. The van der Waals surface area contributed by atoms with Gasteiger partial charge in [-0.25, -0.2) is 9.78 Å². The second-order valence-electron chi connectivity index (χ2n) is 7.11. The number of amides is 1. The van der Waals surface area contributed by atoms with Crippen molar-refractivity contribution in [2.75, 3.05) is 24.5 Å². The molecule has 6 nitrogen and oxygen atoms in total. The lowest BCUT2D eigenvalue weighted by Gasteiger charge is -2.38. The van der Waals surface area contributed by atoms with Crippen LogP contribution < -0.4 is 4.90 Å². The Balaban J connectivity index is 1.41. The number of para-hydroxylation sites is 1. The highest BCUT2D eigenvalue weighted by molar-refractivity contribution is 7.22. The number of thiazole rings is 1. The minimum atomic E-state index is -0.870. The summed E-state index contributed by atoms with van der Waals surface area (Å²) < 4.78 is 1.18. The van der Waals surface area contributed by atoms with Crippen LogP contribution in [0.3, 0.4) is 0 Å². The fourth-order valence-corrected chi connectivity index (χ4v) is 5.02. The zero-order valence-electron chi connectivity index (χ0n) is 14.6. The Labute approximate surface area is 156 Å². The van der Waals surface area contributed by atoms with Crippen molar-refractivity contribution in [3.8, 4) is 0 Å². The van der Waals surface area contributed by atoms with Crippen molar-refractivity contribution in [1.82, 2.24) is 9.88 Å². The monoisotopic (exact) mass is 373 g/mol. The third-order valence-electron chi connectivity index (χ3n) is 5.47. The number of likely N-dealkylation sites (tertiary alicyclic amines) is 1. The average Bonchev–Trinajstić information content (AvgIpc) is 3.12. The summed E-state index contributed by atoms with van der Waals surface area (Å²) in [6.45, 7) is 2.16. The molecule has 0 spiro atoms. The number of aromatic nitrogens is 1. The predicted molar refractivity (Wildman–Crippen MR) is 102 cm³/mol. The van der Waals surface area contributed by atoms with E-state index in [0.717, 1.165) is 49.4 Å². The minimum absolute atomic E-state index is 0.0287. The predicted octanol–water partition coefficient (Wildman–Crippen LogP) is 2.98. The largest absolute Gasteiger partial charge is 0.480 e. The number of carbonyl (C=O) groups excluding carboxylic acids is 1. The standard InChI is InChI=1S/C19H23N3O3S/c23-17(22-10-4-3-6-15(22)18(24)25)13-8-11-21(12-9-13)19-20-14-5-1-2-7-16(14)26-19/h1-2,5,7,13,15H,3-4,6,8-12H2,(H,24,25)/t15-/m1/s1. The van der Waals surface area contributed by atoms with E-state index in [-0.39, 0.29) is 11.8 Å². The molecule has 0 saturated carbocycles. The zero-order valence-corrected chi connectivity index (χ0v) is 15.5. The Hall–Kier alpha value is -2.15. The van der Waals surface area contributed by atoms with Gasteiger partial charge in [-0.1, -0.05) is 23.5 Å². The van der Waals surface area contributed by atoms with E-state index < -0.39 is 12.0 Å². The number of piperidine rings is 2. The molecule has 2 aromatic rings. The van der Waals surface area contributed by atoms with Gasteiger partial charge < -0.3 is 14.9 Å². The first-order chi connectivity index (χ1) is 12.6. The molecule has 2 aliphatic rings. The summed E-state index contributed by atoms with van der Waals surface area (Å²) in [4.78, 5) is 32.9. The fraction of sp³-hybridized carbons (Fsp3) is 0.526. The van der Waals surface area contributed by atoms with Gasteiger partial charge in [-0.05, 0) is 44.2 Å². The van der Waals surface area contributed by atoms with Gasteiger partial charge in [0.05, 0.1) is 10.2 Å². The van der Waals surface area contributed by atoms with Crippen molar-refractivity contribution < 1.29 is 14.7 Å². The lowest BCUT2D eigenvalue weighted by molar-refractivity contribution is -0.154. The van der Waals surface area contributed by atoms with Crippen molar-refractivity contribution in [3.63, 3.8) is 0 Å². The SMILES string of the molecule is O=C(O)[C@H]1CCCCN1C(=O)C1CCN(c2nc3ccccc3s2)CC1. The van der Waals surface area contributed by atoms with E-state index in [4.69, 9.17) is 4.98 Å². The van der Waals surface area contributed by atoms with E-state index >= 15 is 0 Å². The normalized spacial score (nSPS) is 21.9. The van der Waals surface area contributed by atoms with E-state index in [1.165, 1.54) is 4.70 Å². The Morgan fingerprint density at radius 2 is 1.85 bits per heavy atom. The molecule has 1 atom stereocenters. The van der Waals surface area contributed by atoms with E-state index in [1.54, 1.807) is 16.2 Å². The number of fused-ring (bicyclic) bond motifs is 1. The van der Waals surface area contributed by atoms with Crippen LogP contribution in [0.1, 0.15) is 32.1 Å². The molecule has 0 radical (unpaired) electrons. The fourth-order valence-electron chi connectivity index (χ4n) is 4.00. The highest BCUT2D eigenvalue weighted by atomic mass is 32.1. The van der Waals surface area contributed by atoms with Crippen molar-refractivity contribution >= 4 is 38.6 Å². The summed E-state index contributed by atoms with van der Waals surface area (Å²) in [5.41, 5.74) is 1.02. The van der Waals surface area contributed by atoms with Crippen LogP contribution in [-0.4, -0.2) is 52.5 Å².